The van der Waals surface area contributed by atoms with Crippen molar-refractivity contribution in [1.29, 1.82) is 0 Å². The lowest BCUT2D eigenvalue weighted by atomic mass is 9.98. The van der Waals surface area contributed by atoms with Crippen LogP contribution in [0.1, 0.15) is 136 Å². The fourth-order valence-electron chi connectivity index (χ4n) is 7.95. The first kappa shape index (κ1) is 46.4. The van der Waals surface area contributed by atoms with Crippen molar-refractivity contribution in [1.82, 2.24) is 30.6 Å². The number of hydrogen-bond donors (Lipinski definition) is 8. The third-order valence-corrected chi connectivity index (χ3v) is 11.4. The minimum atomic E-state index is -0.253. The van der Waals surface area contributed by atoms with Crippen LogP contribution in [0, 0.1) is 13.8 Å². The SMILES string of the molecule is CC1=C(CCC(=O)NCCCO)c2cc3nc(cc4[nH]c(cc5[nH]c(cc1n2)c(C)c5C(C)OCCCN)c(C)c4C(C)OCCCN)C(C)=C3CCC(=O)NCCCO. The van der Waals surface area contributed by atoms with E-state index >= 15 is 0 Å². The quantitative estimate of drug-likeness (QED) is 0.0535. The average Bonchev–Trinajstić information content (AvgIpc) is 3.89. The zero-order valence-electron chi connectivity index (χ0n) is 36.4. The molecule has 2 aliphatic rings. The van der Waals surface area contributed by atoms with Crippen molar-refractivity contribution in [2.24, 2.45) is 11.5 Å². The van der Waals surface area contributed by atoms with E-state index in [1.807, 2.05) is 19.9 Å². The van der Waals surface area contributed by atoms with Gasteiger partial charge in [0.15, 0.2) is 0 Å². The number of nitrogens with two attached hydrogens (primary N) is 2. The van der Waals surface area contributed by atoms with Crippen LogP contribution in [0.15, 0.2) is 24.3 Å². The first-order chi connectivity index (χ1) is 28.9. The Hall–Kier alpha value is -4.70. The first-order valence-corrected chi connectivity index (χ1v) is 21.5. The van der Waals surface area contributed by atoms with Crippen molar-refractivity contribution in [2.75, 3.05) is 52.6 Å². The van der Waals surface area contributed by atoms with Gasteiger partial charge in [0.05, 0.1) is 35.0 Å². The molecule has 2 atom stereocenters. The largest absolute Gasteiger partial charge is 0.396 e. The van der Waals surface area contributed by atoms with Crippen LogP contribution in [0.25, 0.3) is 44.4 Å². The Balaban J connectivity index is 1.80. The molecule has 0 saturated carbocycles. The summed E-state index contributed by atoms with van der Waals surface area (Å²) in [5.41, 5.74) is 26.1. The maximum Gasteiger partial charge on any atom is 0.220 e. The molecule has 5 heterocycles. The molecule has 8 bridgehead atoms. The minimum Gasteiger partial charge on any atom is -0.396 e. The summed E-state index contributed by atoms with van der Waals surface area (Å²) in [6.07, 6.45) is 3.36. The summed E-state index contributed by atoms with van der Waals surface area (Å²) in [7, 11) is 0. The van der Waals surface area contributed by atoms with Crippen molar-refractivity contribution in [3.8, 4) is 0 Å². The second kappa shape index (κ2) is 22.2. The molecule has 0 saturated heterocycles. The van der Waals surface area contributed by atoms with Gasteiger partial charge in [-0.1, -0.05) is 0 Å². The van der Waals surface area contributed by atoms with Crippen molar-refractivity contribution in [3.05, 3.63) is 69.3 Å². The van der Waals surface area contributed by atoms with E-state index in [1.165, 1.54) is 0 Å². The maximum atomic E-state index is 13.0. The number of nitrogens with one attached hydrogen (secondary N) is 4. The van der Waals surface area contributed by atoms with Gasteiger partial charge in [-0.3, -0.25) is 9.59 Å². The number of H-pyrrole nitrogens is 2. The summed E-state index contributed by atoms with van der Waals surface area (Å²) >= 11 is 0. The number of carbonyl (C=O) groups is 2. The fourth-order valence-corrected chi connectivity index (χ4v) is 7.95. The van der Waals surface area contributed by atoms with E-state index < -0.39 is 0 Å². The normalized spacial score (nSPS) is 13.9. The van der Waals surface area contributed by atoms with E-state index in [2.05, 4.69) is 66.5 Å². The van der Waals surface area contributed by atoms with Gasteiger partial charge in [-0.2, -0.15) is 0 Å². The van der Waals surface area contributed by atoms with Crippen LogP contribution in [-0.4, -0.2) is 94.6 Å². The number of fused-ring (bicyclic) bond motifs is 8. The summed E-state index contributed by atoms with van der Waals surface area (Å²) < 4.78 is 12.7. The van der Waals surface area contributed by atoms with Gasteiger partial charge in [0.1, 0.15) is 0 Å². The summed E-state index contributed by atoms with van der Waals surface area (Å²) in [5, 5.41) is 24.3. The number of amides is 2. The van der Waals surface area contributed by atoms with Crippen LogP contribution in [-0.2, 0) is 19.1 Å². The van der Waals surface area contributed by atoms with Gasteiger partial charge in [-0.25, -0.2) is 9.97 Å². The van der Waals surface area contributed by atoms with Gasteiger partial charge >= 0.3 is 0 Å². The van der Waals surface area contributed by atoms with Crippen molar-refractivity contribution in [3.63, 3.8) is 0 Å². The molecule has 3 aromatic rings. The standard InChI is InChI=1S/C46H66N8O6/c1-27-33(11-13-43(57)49-17-9-19-55)39-26-40-34(12-14-44(58)50-18-10-20-56)28(2)36(52-40)24-41-46(32(6)60-22-8-16-48)30(4)38(54-41)25-42-45(31(5)59-21-7-15-47)29(3)37(53-42)23-35(27)51-39/h23-26,31-32,53-56H,7-22,47-48H2,1-6H3,(H,49,57)(H,50,58). The monoisotopic (exact) mass is 827 g/mol. The zero-order valence-corrected chi connectivity index (χ0v) is 36.4. The number of aliphatic hydroxyl groups is 2. The molecule has 0 radical (unpaired) electrons. The molecular formula is C46H66N8O6. The number of aryl methyl sites for hydroxylation is 2. The molecule has 60 heavy (non-hydrogen) atoms. The van der Waals surface area contributed by atoms with Crippen LogP contribution in [0.4, 0.5) is 0 Å². The molecule has 0 spiro atoms. The van der Waals surface area contributed by atoms with Gasteiger partial charge in [-0.15, -0.1) is 0 Å². The third kappa shape index (κ3) is 11.4. The smallest absolute Gasteiger partial charge is 0.220 e. The second-order valence-corrected chi connectivity index (χ2v) is 15.7. The second-order valence-electron chi connectivity index (χ2n) is 15.7. The van der Waals surface area contributed by atoms with Crippen LogP contribution in [0.3, 0.4) is 0 Å². The lowest BCUT2D eigenvalue weighted by molar-refractivity contribution is -0.121. The molecule has 0 fully saturated rings. The summed E-state index contributed by atoms with van der Waals surface area (Å²) in [6.45, 7) is 15.4. The number of carbonyl (C=O) groups excluding carboxylic acids is 2. The Bertz CT molecular complexity index is 2220. The number of aromatic amines is 2. The van der Waals surface area contributed by atoms with Crippen molar-refractivity contribution < 1.29 is 29.3 Å². The molecule has 0 aromatic carbocycles. The van der Waals surface area contributed by atoms with E-state index in [1.54, 1.807) is 0 Å². The molecular weight excluding hydrogens is 761 g/mol. The zero-order chi connectivity index (χ0) is 43.3. The van der Waals surface area contributed by atoms with Crippen LogP contribution in [0.5, 0.6) is 0 Å². The Kier molecular flexibility index (Phi) is 17.2. The highest BCUT2D eigenvalue weighted by Crippen LogP contribution is 2.39. The van der Waals surface area contributed by atoms with Crippen LogP contribution < -0.4 is 22.1 Å². The Morgan fingerprint density at radius 3 is 1.48 bits per heavy atom. The summed E-state index contributed by atoms with van der Waals surface area (Å²) in [6, 6.07) is 8.26. The predicted octanol–water partition coefficient (Wildman–Crippen LogP) is 6.20. The van der Waals surface area contributed by atoms with Crippen LogP contribution >= 0.6 is 0 Å². The van der Waals surface area contributed by atoms with Crippen molar-refractivity contribution in [2.45, 2.75) is 105 Å². The number of nitrogens with zero attached hydrogens (tertiary/aromatic N) is 2. The van der Waals surface area contributed by atoms with E-state index in [4.69, 9.17) is 30.9 Å². The molecule has 10 N–H and O–H groups in total. The molecule has 2 unspecified atom stereocenters. The molecule has 14 heteroatoms. The van der Waals surface area contributed by atoms with E-state index in [9.17, 15) is 19.8 Å². The molecule has 2 aliphatic heterocycles. The topological polar surface area (TPSA) is 227 Å². The Morgan fingerprint density at radius 1 is 0.633 bits per heavy atom. The highest BCUT2D eigenvalue weighted by molar-refractivity contribution is 5.97. The summed E-state index contributed by atoms with van der Waals surface area (Å²) in [5.74, 6) is -0.201. The van der Waals surface area contributed by atoms with E-state index in [-0.39, 0.29) is 50.1 Å². The van der Waals surface area contributed by atoms with E-state index in [0.29, 0.717) is 76.5 Å². The average molecular weight is 827 g/mol. The highest BCUT2D eigenvalue weighted by atomic mass is 16.5. The number of rotatable bonds is 22. The minimum absolute atomic E-state index is 0.00735. The predicted molar refractivity (Wildman–Crippen MR) is 239 cm³/mol. The Labute approximate surface area is 353 Å². The van der Waals surface area contributed by atoms with Gasteiger partial charge in [-0.05, 0) is 151 Å². The molecule has 14 nitrogen and oxygen atoms in total. The lowest BCUT2D eigenvalue weighted by Crippen LogP contribution is -2.24. The highest BCUT2D eigenvalue weighted by Gasteiger charge is 2.24. The fraction of sp³-hybridized carbons (Fsp3) is 0.522. The van der Waals surface area contributed by atoms with E-state index in [0.717, 1.165) is 90.8 Å². The van der Waals surface area contributed by atoms with Crippen LogP contribution in [0.2, 0.25) is 0 Å². The third-order valence-electron chi connectivity index (χ3n) is 11.4. The maximum absolute atomic E-state index is 13.0. The number of ether oxygens (including phenoxy) is 2. The molecule has 5 rings (SSSR count). The number of aliphatic hydroxyl groups excluding tert-OH is 2. The summed E-state index contributed by atoms with van der Waals surface area (Å²) in [4.78, 5) is 43.8. The Morgan fingerprint density at radius 2 is 1.05 bits per heavy atom. The molecule has 326 valence electrons. The first-order valence-electron chi connectivity index (χ1n) is 21.5. The number of hydrogen-bond acceptors (Lipinski definition) is 10. The van der Waals surface area contributed by atoms with Gasteiger partial charge in [0, 0.05) is 85.6 Å². The van der Waals surface area contributed by atoms with Gasteiger partial charge in [0.25, 0.3) is 0 Å². The lowest BCUT2D eigenvalue weighted by Gasteiger charge is -2.14. The van der Waals surface area contributed by atoms with Crippen molar-refractivity contribution >= 4 is 56.2 Å². The molecule has 2 amide bonds. The molecule has 0 aliphatic carbocycles. The molecule has 3 aromatic heterocycles. The van der Waals surface area contributed by atoms with Gasteiger partial charge in [0.2, 0.25) is 11.8 Å². The number of allylic oxidation sites excluding steroid dienone is 4. The van der Waals surface area contributed by atoms with Gasteiger partial charge < -0.3 is 51.8 Å². The number of aromatic nitrogens is 4.